The van der Waals surface area contributed by atoms with E-state index in [1.165, 1.54) is 40.6 Å². The molecule has 0 saturated carbocycles. The SMILES string of the molecule is COc1ccc(-c2csc(N3N=C(C)[C@H](N=Nc4ccc([N+](=O)[O-])cc4)C3=O)n2)cc1. The lowest BCUT2D eigenvalue weighted by Crippen LogP contribution is -2.29. The number of nitro benzene ring substituents is 1. The number of anilines is 1. The number of ether oxygens (including phenoxy) is 1. The zero-order valence-corrected chi connectivity index (χ0v) is 17.3. The molecule has 1 amide bonds. The zero-order valence-electron chi connectivity index (χ0n) is 16.5. The summed E-state index contributed by atoms with van der Waals surface area (Å²) in [5.74, 6) is 0.383. The Balaban J connectivity index is 1.50. The molecule has 1 aliphatic heterocycles. The molecular weight excluding hydrogens is 420 g/mol. The fourth-order valence-electron chi connectivity index (χ4n) is 2.85. The van der Waals surface area contributed by atoms with Crippen LogP contribution in [0.1, 0.15) is 6.92 Å². The number of carbonyl (C=O) groups excluding carboxylic acids is 1. The molecule has 0 N–H and O–H groups in total. The van der Waals surface area contributed by atoms with Gasteiger partial charge in [-0.3, -0.25) is 14.9 Å². The Morgan fingerprint density at radius 1 is 1.16 bits per heavy atom. The molecule has 31 heavy (non-hydrogen) atoms. The van der Waals surface area contributed by atoms with Gasteiger partial charge in [0.2, 0.25) is 5.13 Å². The summed E-state index contributed by atoms with van der Waals surface area (Å²) < 4.78 is 5.16. The average molecular weight is 436 g/mol. The highest BCUT2D eigenvalue weighted by molar-refractivity contribution is 7.14. The number of benzene rings is 2. The Bertz CT molecular complexity index is 1190. The quantitative estimate of drug-likeness (QED) is 0.317. The Kier molecular flexibility index (Phi) is 5.50. The van der Waals surface area contributed by atoms with E-state index in [9.17, 15) is 14.9 Å². The van der Waals surface area contributed by atoms with Crippen molar-refractivity contribution in [2.45, 2.75) is 13.0 Å². The summed E-state index contributed by atoms with van der Waals surface area (Å²) in [7, 11) is 1.60. The molecule has 0 radical (unpaired) electrons. The normalized spacial score (nSPS) is 16.1. The Morgan fingerprint density at radius 2 is 1.87 bits per heavy atom. The predicted octanol–water partition coefficient (Wildman–Crippen LogP) is 4.60. The molecule has 1 atom stereocenters. The van der Waals surface area contributed by atoms with Crippen LogP contribution < -0.4 is 9.75 Å². The molecular formula is C20H16N6O4S. The number of rotatable bonds is 6. The molecule has 3 aromatic rings. The van der Waals surface area contributed by atoms with Gasteiger partial charge in [0.1, 0.15) is 5.75 Å². The summed E-state index contributed by atoms with van der Waals surface area (Å²) >= 11 is 1.30. The third kappa shape index (κ3) is 4.16. The Morgan fingerprint density at radius 3 is 2.52 bits per heavy atom. The van der Waals surface area contributed by atoms with Gasteiger partial charge in [0, 0.05) is 23.1 Å². The molecule has 0 aliphatic carbocycles. The van der Waals surface area contributed by atoms with Gasteiger partial charge in [-0.05, 0) is 43.3 Å². The van der Waals surface area contributed by atoms with Gasteiger partial charge in [-0.25, -0.2) is 4.98 Å². The largest absolute Gasteiger partial charge is 0.497 e. The fourth-order valence-corrected chi connectivity index (χ4v) is 3.64. The molecule has 0 spiro atoms. The molecule has 0 bridgehead atoms. The second-order valence-electron chi connectivity index (χ2n) is 6.53. The van der Waals surface area contributed by atoms with Crippen LogP contribution in [0.4, 0.5) is 16.5 Å². The van der Waals surface area contributed by atoms with Crippen LogP contribution in [0.3, 0.4) is 0 Å². The van der Waals surface area contributed by atoms with E-state index in [1.807, 2.05) is 29.6 Å². The number of amides is 1. The minimum Gasteiger partial charge on any atom is -0.497 e. The lowest BCUT2D eigenvalue weighted by molar-refractivity contribution is -0.384. The molecule has 2 aromatic carbocycles. The lowest BCUT2D eigenvalue weighted by atomic mass is 10.2. The first kappa shape index (κ1) is 20.3. The third-order valence-electron chi connectivity index (χ3n) is 4.50. The molecule has 0 saturated heterocycles. The van der Waals surface area contributed by atoms with Crippen molar-refractivity contribution in [2.24, 2.45) is 15.3 Å². The summed E-state index contributed by atoms with van der Waals surface area (Å²) in [6, 6.07) is 12.2. The second kappa shape index (κ2) is 8.40. The summed E-state index contributed by atoms with van der Waals surface area (Å²) in [6.45, 7) is 1.69. The minimum absolute atomic E-state index is 0.0451. The fraction of sp³-hybridized carbons (Fsp3) is 0.150. The minimum atomic E-state index is -0.872. The van der Waals surface area contributed by atoms with Crippen LogP contribution in [-0.2, 0) is 4.79 Å². The molecule has 4 rings (SSSR count). The highest BCUT2D eigenvalue weighted by atomic mass is 32.1. The monoisotopic (exact) mass is 436 g/mol. The van der Waals surface area contributed by atoms with E-state index < -0.39 is 11.0 Å². The molecule has 0 unspecified atom stereocenters. The molecule has 1 aromatic heterocycles. The van der Waals surface area contributed by atoms with E-state index in [4.69, 9.17) is 4.74 Å². The highest BCUT2D eigenvalue weighted by Gasteiger charge is 2.36. The topological polar surface area (TPSA) is 123 Å². The first-order chi connectivity index (χ1) is 15.0. The summed E-state index contributed by atoms with van der Waals surface area (Å²) in [5, 5.41) is 26.7. The van der Waals surface area contributed by atoms with Gasteiger partial charge in [-0.1, -0.05) is 0 Å². The average Bonchev–Trinajstić information content (AvgIpc) is 3.37. The first-order valence-corrected chi connectivity index (χ1v) is 9.98. The summed E-state index contributed by atoms with van der Waals surface area (Å²) in [5.41, 5.74) is 2.46. The maximum Gasteiger partial charge on any atom is 0.282 e. The number of azo groups is 1. The number of non-ortho nitro benzene ring substituents is 1. The number of nitro groups is 1. The summed E-state index contributed by atoms with van der Waals surface area (Å²) in [6.07, 6.45) is 0. The van der Waals surface area contributed by atoms with Crippen molar-refractivity contribution >= 4 is 39.5 Å². The van der Waals surface area contributed by atoms with E-state index in [-0.39, 0.29) is 11.6 Å². The Hall–Kier alpha value is -3.99. The van der Waals surface area contributed by atoms with Crippen LogP contribution in [0.15, 0.2) is 69.2 Å². The van der Waals surface area contributed by atoms with Gasteiger partial charge in [0.15, 0.2) is 6.04 Å². The van der Waals surface area contributed by atoms with Crippen LogP contribution >= 0.6 is 11.3 Å². The molecule has 0 fully saturated rings. The molecule has 11 heteroatoms. The van der Waals surface area contributed by atoms with Crippen LogP contribution in [0.5, 0.6) is 5.75 Å². The lowest BCUT2D eigenvalue weighted by Gasteiger charge is -2.08. The number of hydrogen-bond acceptors (Lipinski definition) is 9. The number of hydrazone groups is 1. The van der Waals surface area contributed by atoms with E-state index in [0.717, 1.165) is 17.0 Å². The standard InChI is InChI=1S/C20H16N6O4S/c1-12-18(23-22-14-5-7-15(8-6-14)26(28)29)19(27)25(24-12)20-21-17(11-31-20)13-3-9-16(30-2)10-4-13/h3-11,18H,1-2H3/t18-/m0/s1. The van der Waals surface area contributed by atoms with Crippen molar-refractivity contribution in [1.82, 2.24) is 4.98 Å². The van der Waals surface area contributed by atoms with Crippen molar-refractivity contribution in [3.63, 3.8) is 0 Å². The summed E-state index contributed by atoms with van der Waals surface area (Å²) in [4.78, 5) is 27.6. The van der Waals surface area contributed by atoms with Gasteiger partial charge >= 0.3 is 0 Å². The van der Waals surface area contributed by atoms with E-state index in [0.29, 0.717) is 16.5 Å². The molecule has 156 valence electrons. The Labute approximate surface area is 180 Å². The molecule has 2 heterocycles. The smallest absolute Gasteiger partial charge is 0.282 e. The van der Waals surface area contributed by atoms with Crippen molar-refractivity contribution in [2.75, 3.05) is 12.1 Å². The molecule has 1 aliphatic rings. The first-order valence-electron chi connectivity index (χ1n) is 9.10. The van der Waals surface area contributed by atoms with Gasteiger partial charge in [-0.2, -0.15) is 20.3 Å². The number of methoxy groups -OCH3 is 1. The zero-order chi connectivity index (χ0) is 22.0. The number of carbonyl (C=O) groups is 1. The van der Waals surface area contributed by atoms with Gasteiger partial charge in [-0.15, -0.1) is 11.3 Å². The third-order valence-corrected chi connectivity index (χ3v) is 5.32. The van der Waals surface area contributed by atoms with Crippen molar-refractivity contribution in [3.05, 3.63) is 64.0 Å². The molecule has 10 nitrogen and oxygen atoms in total. The number of aromatic nitrogens is 1. The highest BCUT2D eigenvalue weighted by Crippen LogP contribution is 2.31. The van der Waals surface area contributed by atoms with Crippen molar-refractivity contribution < 1.29 is 14.5 Å². The van der Waals surface area contributed by atoms with Crippen molar-refractivity contribution in [1.29, 1.82) is 0 Å². The number of thiazole rings is 1. The number of nitrogens with zero attached hydrogens (tertiary/aromatic N) is 6. The van der Waals surface area contributed by atoms with Gasteiger partial charge in [0.25, 0.3) is 11.6 Å². The maximum absolute atomic E-state index is 12.8. The second-order valence-corrected chi connectivity index (χ2v) is 7.36. The van der Waals surface area contributed by atoms with Crippen LogP contribution in [0.25, 0.3) is 11.3 Å². The van der Waals surface area contributed by atoms with Crippen LogP contribution in [0, 0.1) is 10.1 Å². The van der Waals surface area contributed by atoms with E-state index in [1.54, 1.807) is 14.0 Å². The van der Waals surface area contributed by atoms with E-state index in [2.05, 4.69) is 20.3 Å². The van der Waals surface area contributed by atoms with Crippen LogP contribution in [-0.4, -0.2) is 34.7 Å². The van der Waals surface area contributed by atoms with Crippen molar-refractivity contribution in [3.8, 4) is 17.0 Å². The van der Waals surface area contributed by atoms with Gasteiger partial charge in [0.05, 0.1) is 29.1 Å². The predicted molar refractivity (Wildman–Crippen MR) is 116 cm³/mol. The number of hydrogen-bond donors (Lipinski definition) is 0. The van der Waals surface area contributed by atoms with Gasteiger partial charge < -0.3 is 4.74 Å². The van der Waals surface area contributed by atoms with Crippen LogP contribution in [0.2, 0.25) is 0 Å². The maximum atomic E-state index is 12.8. The van der Waals surface area contributed by atoms with E-state index >= 15 is 0 Å².